The first-order valence-electron chi connectivity index (χ1n) is 9.11. The molecule has 0 saturated carbocycles. The number of hydrogen-bond acceptors (Lipinski definition) is 5. The van der Waals surface area contributed by atoms with Crippen LogP contribution in [0, 0.1) is 13.8 Å². The van der Waals surface area contributed by atoms with Crippen LogP contribution in [-0.2, 0) is 9.59 Å². The minimum Gasteiger partial charge on any atom is -0.497 e. The average molecular weight is 410 g/mol. The second kappa shape index (κ2) is 8.53. The van der Waals surface area contributed by atoms with E-state index in [-0.39, 0.29) is 5.91 Å². The van der Waals surface area contributed by atoms with Gasteiger partial charge >= 0.3 is 0 Å². The van der Waals surface area contributed by atoms with Crippen LogP contribution in [-0.4, -0.2) is 29.3 Å². The van der Waals surface area contributed by atoms with Crippen LogP contribution in [0.2, 0.25) is 0 Å². The molecule has 2 N–H and O–H groups in total. The molecule has 1 aliphatic rings. The number of anilines is 1. The molecular formula is C22H23N3O3S. The number of primary amides is 1. The maximum Gasteiger partial charge on any atom is 0.283 e. The Kier molecular flexibility index (Phi) is 6.08. The Bertz CT molecular complexity index is 992. The lowest BCUT2D eigenvalue weighted by molar-refractivity contribution is -0.117. The average Bonchev–Trinajstić information content (AvgIpc) is 2.96. The van der Waals surface area contributed by atoms with E-state index in [0.717, 1.165) is 22.4 Å². The lowest BCUT2D eigenvalue weighted by Gasteiger charge is -2.20. The number of methoxy groups -OCH3 is 1. The second-order valence-electron chi connectivity index (χ2n) is 6.85. The van der Waals surface area contributed by atoms with Gasteiger partial charge in [0.15, 0.2) is 5.17 Å². The molecule has 1 atom stereocenters. The van der Waals surface area contributed by atoms with Crippen LogP contribution in [0.15, 0.2) is 53.2 Å². The van der Waals surface area contributed by atoms with Crippen molar-refractivity contribution in [1.29, 1.82) is 0 Å². The van der Waals surface area contributed by atoms with Crippen LogP contribution in [0.3, 0.4) is 0 Å². The Labute approximate surface area is 174 Å². The monoisotopic (exact) mass is 409 g/mol. The lowest BCUT2D eigenvalue weighted by Crippen LogP contribution is -2.33. The van der Waals surface area contributed by atoms with Gasteiger partial charge in [0.25, 0.3) is 5.91 Å². The molecule has 2 amide bonds. The first-order chi connectivity index (χ1) is 13.8. The van der Waals surface area contributed by atoms with Gasteiger partial charge in [0.05, 0.1) is 18.0 Å². The first-order valence-corrected chi connectivity index (χ1v) is 9.99. The number of amides is 2. The van der Waals surface area contributed by atoms with Crippen LogP contribution in [0.1, 0.15) is 23.6 Å². The van der Waals surface area contributed by atoms with Crippen molar-refractivity contribution in [2.45, 2.75) is 26.0 Å². The van der Waals surface area contributed by atoms with E-state index >= 15 is 0 Å². The topological polar surface area (TPSA) is 85.0 Å². The van der Waals surface area contributed by atoms with E-state index in [0.29, 0.717) is 16.6 Å². The van der Waals surface area contributed by atoms with Crippen molar-refractivity contribution >= 4 is 40.5 Å². The number of hydrogen-bond donors (Lipinski definition) is 1. The van der Waals surface area contributed by atoms with Crippen molar-refractivity contribution in [3.05, 3.63) is 64.9 Å². The van der Waals surface area contributed by atoms with E-state index < -0.39 is 11.2 Å². The maximum absolute atomic E-state index is 13.2. The molecule has 7 heteroatoms. The number of ether oxygens (including phenoxy) is 1. The van der Waals surface area contributed by atoms with Gasteiger partial charge in [-0.15, -0.1) is 0 Å². The summed E-state index contributed by atoms with van der Waals surface area (Å²) in [4.78, 5) is 30.8. The highest BCUT2D eigenvalue weighted by Gasteiger charge is 2.34. The van der Waals surface area contributed by atoms with Crippen LogP contribution < -0.4 is 15.4 Å². The largest absolute Gasteiger partial charge is 0.497 e. The Hall–Kier alpha value is -3.06. The summed E-state index contributed by atoms with van der Waals surface area (Å²) >= 11 is 1.17. The summed E-state index contributed by atoms with van der Waals surface area (Å²) in [6.45, 7) is 5.65. The number of carbonyl (C=O) groups is 2. The van der Waals surface area contributed by atoms with Crippen LogP contribution in [0.4, 0.5) is 5.69 Å². The van der Waals surface area contributed by atoms with E-state index in [2.05, 4.69) is 4.99 Å². The molecule has 0 aliphatic carbocycles. The second-order valence-corrected chi connectivity index (χ2v) is 8.15. The summed E-state index contributed by atoms with van der Waals surface area (Å²) < 4.78 is 5.17. The van der Waals surface area contributed by atoms with Gasteiger partial charge in [-0.2, -0.15) is 0 Å². The zero-order valence-electron chi connectivity index (χ0n) is 16.8. The third-order valence-corrected chi connectivity index (χ3v) is 5.47. The molecule has 29 heavy (non-hydrogen) atoms. The fraction of sp³-hybridized carbons (Fsp3) is 0.227. The van der Waals surface area contributed by atoms with E-state index in [1.165, 1.54) is 11.8 Å². The molecule has 0 unspecified atom stereocenters. The quantitative estimate of drug-likeness (QED) is 0.764. The lowest BCUT2D eigenvalue weighted by atomic mass is 10.1. The molecule has 0 bridgehead atoms. The number of thioether (sulfide) groups is 1. The smallest absolute Gasteiger partial charge is 0.283 e. The maximum atomic E-state index is 13.2. The highest BCUT2D eigenvalue weighted by atomic mass is 32.2. The fourth-order valence-electron chi connectivity index (χ4n) is 2.96. The van der Waals surface area contributed by atoms with Gasteiger partial charge in [-0.25, -0.2) is 4.99 Å². The van der Waals surface area contributed by atoms with Gasteiger partial charge < -0.3 is 10.5 Å². The van der Waals surface area contributed by atoms with Crippen molar-refractivity contribution in [3.63, 3.8) is 0 Å². The van der Waals surface area contributed by atoms with Crippen LogP contribution >= 0.6 is 11.8 Å². The SMILES string of the molecule is COc1ccc(/C=C2/N=C(S[C@H](C)C(N)=O)N(c3cc(C)cc(C)c3)C2=O)cc1. The van der Waals surface area contributed by atoms with Crippen LogP contribution in [0.5, 0.6) is 5.75 Å². The minimum atomic E-state index is -0.518. The van der Waals surface area contributed by atoms with Gasteiger partial charge in [-0.05, 0) is 67.8 Å². The summed E-state index contributed by atoms with van der Waals surface area (Å²) in [6, 6.07) is 13.2. The number of aliphatic imine (C=N–C) groups is 1. The van der Waals surface area contributed by atoms with Crippen molar-refractivity contribution < 1.29 is 14.3 Å². The highest BCUT2D eigenvalue weighted by Crippen LogP contribution is 2.32. The Morgan fingerprint density at radius 1 is 1.17 bits per heavy atom. The van der Waals surface area contributed by atoms with Crippen molar-refractivity contribution in [1.82, 2.24) is 0 Å². The van der Waals surface area contributed by atoms with Crippen LogP contribution in [0.25, 0.3) is 6.08 Å². The summed E-state index contributed by atoms with van der Waals surface area (Å²) in [5.41, 5.74) is 9.33. The summed E-state index contributed by atoms with van der Waals surface area (Å²) in [6.07, 6.45) is 1.72. The third kappa shape index (κ3) is 4.68. The number of aryl methyl sites for hydroxylation is 2. The predicted octanol–water partition coefficient (Wildman–Crippen LogP) is 3.66. The molecule has 1 heterocycles. The van der Waals surface area contributed by atoms with Gasteiger partial charge in [0, 0.05) is 0 Å². The standard InChI is InChI=1S/C22H23N3O3S/c1-13-9-14(2)11-17(10-13)25-21(27)19(24-22(25)29-15(3)20(23)26)12-16-5-7-18(28-4)8-6-16/h5-12,15H,1-4H3,(H2,23,26)/b19-12+/t15-/m1/s1. The molecule has 3 rings (SSSR count). The molecule has 0 spiro atoms. The van der Waals surface area contributed by atoms with Gasteiger partial charge in [0.1, 0.15) is 11.4 Å². The normalized spacial score (nSPS) is 16.1. The predicted molar refractivity (Wildman–Crippen MR) is 118 cm³/mol. The Morgan fingerprint density at radius 2 is 1.79 bits per heavy atom. The van der Waals surface area contributed by atoms with E-state index in [9.17, 15) is 9.59 Å². The Morgan fingerprint density at radius 3 is 2.34 bits per heavy atom. The van der Waals surface area contributed by atoms with Gasteiger partial charge in [-0.3, -0.25) is 14.5 Å². The molecule has 0 aromatic heterocycles. The molecule has 0 saturated heterocycles. The number of nitrogens with two attached hydrogens (primary N) is 1. The van der Waals surface area contributed by atoms with E-state index in [1.54, 1.807) is 25.0 Å². The number of rotatable bonds is 5. The highest BCUT2D eigenvalue weighted by molar-refractivity contribution is 8.15. The molecule has 6 nitrogen and oxygen atoms in total. The summed E-state index contributed by atoms with van der Waals surface area (Å²) in [5.74, 6) is 0.0277. The minimum absolute atomic E-state index is 0.245. The molecule has 1 aliphatic heterocycles. The molecular weight excluding hydrogens is 386 g/mol. The van der Waals surface area contributed by atoms with Gasteiger partial charge in [-0.1, -0.05) is 30.0 Å². The van der Waals surface area contributed by atoms with Crippen molar-refractivity contribution in [2.24, 2.45) is 10.7 Å². The number of benzene rings is 2. The van der Waals surface area contributed by atoms with Crippen molar-refractivity contribution in [3.8, 4) is 5.75 Å². The Balaban J connectivity index is 2.02. The zero-order chi connectivity index (χ0) is 21.1. The summed E-state index contributed by atoms with van der Waals surface area (Å²) in [7, 11) is 1.60. The number of amidine groups is 1. The molecule has 0 fully saturated rings. The van der Waals surface area contributed by atoms with E-state index in [4.69, 9.17) is 10.5 Å². The first kappa shape index (κ1) is 20.7. The van der Waals surface area contributed by atoms with Crippen molar-refractivity contribution in [2.75, 3.05) is 12.0 Å². The summed E-state index contributed by atoms with van der Waals surface area (Å²) in [5, 5.41) is -0.0821. The zero-order valence-corrected chi connectivity index (χ0v) is 17.6. The molecule has 2 aromatic rings. The molecule has 150 valence electrons. The number of carbonyl (C=O) groups excluding carboxylic acids is 2. The molecule has 0 radical (unpaired) electrons. The fourth-order valence-corrected chi connectivity index (χ4v) is 3.83. The third-order valence-electron chi connectivity index (χ3n) is 4.40. The van der Waals surface area contributed by atoms with E-state index in [1.807, 2.05) is 56.3 Å². The molecule has 2 aromatic carbocycles. The number of nitrogens with zero attached hydrogens (tertiary/aromatic N) is 2. The van der Waals surface area contributed by atoms with Gasteiger partial charge in [0.2, 0.25) is 5.91 Å².